The molecular formula is C13H9Br2NO4. The smallest absolute Gasteiger partial charge is 0.354 e. The van der Waals surface area contributed by atoms with Gasteiger partial charge >= 0.3 is 5.97 Å². The maximum Gasteiger partial charge on any atom is 0.354 e. The van der Waals surface area contributed by atoms with Gasteiger partial charge in [-0.05, 0) is 56.1 Å². The van der Waals surface area contributed by atoms with Gasteiger partial charge in [-0.2, -0.15) is 0 Å². The molecule has 0 atom stereocenters. The van der Waals surface area contributed by atoms with E-state index in [1.807, 2.05) is 0 Å². The molecule has 0 bridgehead atoms. The summed E-state index contributed by atoms with van der Waals surface area (Å²) in [6.07, 6.45) is 1.36. The Kier molecular flexibility index (Phi) is 4.61. The van der Waals surface area contributed by atoms with E-state index in [9.17, 15) is 4.79 Å². The Morgan fingerprint density at radius 3 is 2.40 bits per heavy atom. The first-order valence-corrected chi connectivity index (χ1v) is 7.00. The minimum absolute atomic E-state index is 0.0349. The zero-order valence-electron chi connectivity index (χ0n) is 10.3. The number of ether oxygens (including phenoxy) is 2. The number of halogens is 2. The number of hydrogen-bond donors (Lipinski definition) is 1. The van der Waals surface area contributed by atoms with Crippen LogP contribution < -0.4 is 9.47 Å². The van der Waals surface area contributed by atoms with E-state index in [0.717, 1.165) is 4.47 Å². The summed E-state index contributed by atoms with van der Waals surface area (Å²) in [6, 6.07) is 6.43. The van der Waals surface area contributed by atoms with Crippen molar-refractivity contribution < 1.29 is 19.4 Å². The molecule has 1 aromatic heterocycles. The van der Waals surface area contributed by atoms with Crippen LogP contribution in [0.3, 0.4) is 0 Å². The second kappa shape index (κ2) is 6.23. The van der Waals surface area contributed by atoms with E-state index in [1.54, 1.807) is 25.3 Å². The van der Waals surface area contributed by atoms with Crippen molar-refractivity contribution in [2.75, 3.05) is 7.11 Å². The Labute approximate surface area is 131 Å². The second-order valence-corrected chi connectivity index (χ2v) is 5.41. The molecule has 0 aliphatic rings. The van der Waals surface area contributed by atoms with Crippen LogP contribution in [0.15, 0.2) is 39.4 Å². The van der Waals surface area contributed by atoms with E-state index in [-0.39, 0.29) is 5.69 Å². The normalized spacial score (nSPS) is 10.2. The fourth-order valence-corrected chi connectivity index (χ4v) is 2.33. The second-order valence-electron chi connectivity index (χ2n) is 3.70. The Morgan fingerprint density at radius 2 is 1.85 bits per heavy atom. The Hall–Kier alpha value is -1.60. The molecule has 0 spiro atoms. The number of rotatable bonds is 4. The highest BCUT2D eigenvalue weighted by Gasteiger charge is 2.10. The quantitative estimate of drug-likeness (QED) is 0.833. The standard InChI is InChI=1S/C13H9Br2NO4/c1-19-11-4-9(15)12(5-8(11)14)20-7-2-3-10(13(17)18)16-6-7/h2-6H,1H3,(H,17,18). The molecule has 2 aromatic rings. The van der Waals surface area contributed by atoms with Crippen LogP contribution in [0.2, 0.25) is 0 Å². The van der Waals surface area contributed by atoms with Gasteiger partial charge in [-0.15, -0.1) is 0 Å². The van der Waals surface area contributed by atoms with Gasteiger partial charge in [-0.25, -0.2) is 9.78 Å². The average molecular weight is 403 g/mol. The van der Waals surface area contributed by atoms with Gasteiger partial charge in [0, 0.05) is 0 Å². The summed E-state index contributed by atoms with van der Waals surface area (Å²) in [5.74, 6) is 0.587. The molecule has 104 valence electrons. The van der Waals surface area contributed by atoms with Crippen LogP contribution >= 0.6 is 31.9 Å². The molecule has 0 saturated heterocycles. The van der Waals surface area contributed by atoms with Crippen LogP contribution in [0.1, 0.15) is 10.5 Å². The Morgan fingerprint density at radius 1 is 1.20 bits per heavy atom. The molecule has 0 aliphatic carbocycles. The number of carboxylic acid groups (broad SMARTS) is 1. The minimum Gasteiger partial charge on any atom is -0.496 e. The third-order valence-corrected chi connectivity index (χ3v) is 3.63. The summed E-state index contributed by atoms with van der Waals surface area (Å²) >= 11 is 6.74. The molecule has 0 fully saturated rings. The van der Waals surface area contributed by atoms with Crippen molar-refractivity contribution in [3.8, 4) is 17.2 Å². The lowest BCUT2D eigenvalue weighted by Gasteiger charge is -2.10. The molecule has 1 heterocycles. The summed E-state index contributed by atoms with van der Waals surface area (Å²) in [7, 11) is 1.57. The van der Waals surface area contributed by atoms with Crippen LogP contribution in [0, 0.1) is 0 Å². The summed E-state index contributed by atoms with van der Waals surface area (Å²) in [5, 5.41) is 8.77. The van der Waals surface area contributed by atoms with Gasteiger partial charge in [-0.1, -0.05) is 0 Å². The van der Waals surface area contributed by atoms with E-state index in [2.05, 4.69) is 36.8 Å². The summed E-state index contributed by atoms with van der Waals surface area (Å²) in [5.41, 5.74) is -0.0349. The maximum atomic E-state index is 10.7. The largest absolute Gasteiger partial charge is 0.496 e. The van der Waals surface area contributed by atoms with Gasteiger partial charge in [0.25, 0.3) is 0 Å². The van der Waals surface area contributed by atoms with Gasteiger partial charge in [0.05, 0.1) is 22.3 Å². The van der Waals surface area contributed by atoms with Crippen LogP contribution in [-0.2, 0) is 0 Å². The van der Waals surface area contributed by atoms with E-state index in [4.69, 9.17) is 14.6 Å². The number of benzene rings is 1. The number of aromatic carboxylic acids is 1. The predicted octanol–water partition coefficient (Wildman–Crippen LogP) is 4.11. The minimum atomic E-state index is -1.08. The first-order chi connectivity index (χ1) is 9.51. The molecule has 0 aliphatic heterocycles. The van der Waals surface area contributed by atoms with Crippen molar-refractivity contribution in [2.24, 2.45) is 0 Å². The van der Waals surface area contributed by atoms with Gasteiger partial charge in [0.1, 0.15) is 22.9 Å². The van der Waals surface area contributed by atoms with Crippen molar-refractivity contribution in [2.45, 2.75) is 0 Å². The van der Waals surface area contributed by atoms with Crippen molar-refractivity contribution >= 4 is 37.8 Å². The number of aromatic nitrogens is 1. The zero-order chi connectivity index (χ0) is 14.7. The number of hydrogen-bond acceptors (Lipinski definition) is 4. The SMILES string of the molecule is COc1cc(Br)c(Oc2ccc(C(=O)O)nc2)cc1Br. The number of pyridine rings is 1. The monoisotopic (exact) mass is 401 g/mol. The molecule has 1 N–H and O–H groups in total. The Balaban J connectivity index is 2.25. The molecular weight excluding hydrogens is 394 g/mol. The molecule has 0 amide bonds. The third kappa shape index (κ3) is 3.29. The van der Waals surface area contributed by atoms with Crippen LogP contribution in [0.25, 0.3) is 0 Å². The number of methoxy groups -OCH3 is 1. The lowest BCUT2D eigenvalue weighted by molar-refractivity contribution is 0.0690. The predicted molar refractivity (Wildman–Crippen MR) is 79.7 cm³/mol. The number of carboxylic acids is 1. The molecule has 0 saturated carbocycles. The first kappa shape index (κ1) is 14.8. The fourth-order valence-electron chi connectivity index (χ4n) is 1.44. The first-order valence-electron chi connectivity index (χ1n) is 5.41. The maximum absolute atomic E-state index is 10.7. The van der Waals surface area contributed by atoms with Crippen LogP contribution in [0.4, 0.5) is 0 Å². The van der Waals surface area contributed by atoms with E-state index < -0.39 is 5.97 Å². The van der Waals surface area contributed by atoms with Crippen molar-refractivity contribution in [3.63, 3.8) is 0 Å². The number of carbonyl (C=O) groups is 1. The van der Waals surface area contributed by atoms with E-state index in [1.165, 1.54) is 12.3 Å². The van der Waals surface area contributed by atoms with Gasteiger partial charge < -0.3 is 14.6 Å². The summed E-state index contributed by atoms with van der Waals surface area (Å²) < 4.78 is 12.3. The summed E-state index contributed by atoms with van der Waals surface area (Å²) in [4.78, 5) is 14.5. The molecule has 5 nitrogen and oxygen atoms in total. The van der Waals surface area contributed by atoms with Gasteiger partial charge in [0.2, 0.25) is 0 Å². The van der Waals surface area contributed by atoms with Gasteiger partial charge in [-0.3, -0.25) is 0 Å². The molecule has 2 rings (SSSR count). The third-order valence-electron chi connectivity index (χ3n) is 2.39. The number of nitrogens with zero attached hydrogens (tertiary/aromatic N) is 1. The highest BCUT2D eigenvalue weighted by atomic mass is 79.9. The molecule has 0 radical (unpaired) electrons. The topological polar surface area (TPSA) is 68.7 Å². The lowest BCUT2D eigenvalue weighted by Crippen LogP contribution is -1.99. The molecule has 7 heteroatoms. The lowest BCUT2D eigenvalue weighted by atomic mass is 10.3. The van der Waals surface area contributed by atoms with E-state index in [0.29, 0.717) is 21.7 Å². The van der Waals surface area contributed by atoms with Crippen molar-refractivity contribution in [1.82, 2.24) is 4.98 Å². The van der Waals surface area contributed by atoms with Crippen molar-refractivity contribution in [1.29, 1.82) is 0 Å². The zero-order valence-corrected chi connectivity index (χ0v) is 13.4. The molecule has 1 aromatic carbocycles. The molecule has 20 heavy (non-hydrogen) atoms. The van der Waals surface area contributed by atoms with Gasteiger partial charge in [0.15, 0.2) is 0 Å². The van der Waals surface area contributed by atoms with Crippen LogP contribution in [-0.4, -0.2) is 23.2 Å². The summed E-state index contributed by atoms with van der Waals surface area (Å²) in [6.45, 7) is 0. The Bertz CT molecular complexity index is 644. The highest BCUT2D eigenvalue weighted by molar-refractivity contribution is 9.11. The average Bonchev–Trinajstić information content (AvgIpc) is 2.43. The highest BCUT2D eigenvalue weighted by Crippen LogP contribution is 2.37. The van der Waals surface area contributed by atoms with E-state index >= 15 is 0 Å². The van der Waals surface area contributed by atoms with Crippen LogP contribution in [0.5, 0.6) is 17.2 Å². The fraction of sp³-hybridized carbons (Fsp3) is 0.0769. The molecule has 0 unspecified atom stereocenters. The van der Waals surface area contributed by atoms with Crippen molar-refractivity contribution in [3.05, 3.63) is 45.1 Å².